The van der Waals surface area contributed by atoms with Crippen LogP contribution in [0, 0.1) is 17.6 Å². The molecule has 3 rings (SSSR count). The maximum atomic E-state index is 12.7. The van der Waals surface area contributed by atoms with E-state index in [4.69, 9.17) is 17.0 Å². The van der Waals surface area contributed by atoms with Crippen molar-refractivity contribution in [3.8, 4) is 0 Å². The second-order valence-corrected chi connectivity index (χ2v) is 7.23. The van der Waals surface area contributed by atoms with E-state index in [2.05, 4.69) is 10.00 Å². The van der Waals surface area contributed by atoms with Crippen molar-refractivity contribution >= 4 is 18.0 Å². The van der Waals surface area contributed by atoms with Gasteiger partial charge in [-0.1, -0.05) is 29.8 Å². The molecule has 0 spiro atoms. The maximum absolute atomic E-state index is 12.7. The molecule has 140 valence electrons. The van der Waals surface area contributed by atoms with Gasteiger partial charge in [0.1, 0.15) is 6.33 Å². The van der Waals surface area contributed by atoms with Crippen molar-refractivity contribution in [3.63, 3.8) is 0 Å². The highest BCUT2D eigenvalue weighted by Gasteiger charge is 2.26. The molecule has 1 fully saturated rings. The summed E-state index contributed by atoms with van der Waals surface area (Å²) in [5.41, 5.74) is 2.01. The zero-order chi connectivity index (χ0) is 18.5. The van der Waals surface area contributed by atoms with Gasteiger partial charge in [-0.25, -0.2) is 4.68 Å². The van der Waals surface area contributed by atoms with Gasteiger partial charge in [0, 0.05) is 38.2 Å². The number of ether oxygens (including phenoxy) is 1. The molecule has 0 radical (unpaired) electrons. The molecule has 0 N–H and O–H groups in total. The monoisotopic (exact) mass is 374 g/mol. The summed E-state index contributed by atoms with van der Waals surface area (Å²) in [6.07, 6.45) is 3.52. The Morgan fingerprint density at radius 3 is 2.62 bits per heavy atom. The molecule has 0 saturated carbocycles. The number of aromatic nitrogens is 3. The standard InChI is InChI=1S/C19H26N4O2S/c1-15-3-5-16(6-4-15)18(24)17-7-9-21(10-8-17)14-23-19(26)22(13-20-23)11-12-25-2/h3-6,13,17H,7-12,14H2,1-2H3. The molecule has 1 aromatic heterocycles. The smallest absolute Gasteiger partial charge is 0.198 e. The van der Waals surface area contributed by atoms with Crippen molar-refractivity contribution in [2.45, 2.75) is 33.0 Å². The first-order valence-corrected chi connectivity index (χ1v) is 9.43. The first kappa shape index (κ1) is 18.9. The summed E-state index contributed by atoms with van der Waals surface area (Å²) < 4.78 is 9.56. The lowest BCUT2D eigenvalue weighted by molar-refractivity contribution is 0.0803. The normalized spacial score (nSPS) is 16.1. The molecule has 0 bridgehead atoms. The molecule has 7 heteroatoms. The minimum Gasteiger partial charge on any atom is -0.383 e. The number of methoxy groups -OCH3 is 1. The van der Waals surface area contributed by atoms with E-state index in [1.807, 2.05) is 40.4 Å². The SMILES string of the molecule is COCCn1cnn(CN2CCC(C(=O)c3ccc(C)cc3)CC2)c1=S. The molecule has 2 aromatic rings. The van der Waals surface area contributed by atoms with Gasteiger partial charge in [-0.3, -0.25) is 9.69 Å². The van der Waals surface area contributed by atoms with Gasteiger partial charge in [0.05, 0.1) is 13.3 Å². The molecule has 0 unspecified atom stereocenters. The minimum atomic E-state index is 0.112. The fourth-order valence-electron chi connectivity index (χ4n) is 3.29. The number of ketones is 1. The second kappa shape index (κ2) is 8.70. The van der Waals surface area contributed by atoms with Crippen molar-refractivity contribution in [1.82, 2.24) is 19.2 Å². The first-order chi connectivity index (χ1) is 12.6. The predicted octanol–water partition coefficient (Wildman–Crippen LogP) is 2.92. The second-order valence-electron chi connectivity index (χ2n) is 6.86. The minimum absolute atomic E-state index is 0.112. The quantitative estimate of drug-likeness (QED) is 0.551. The Hall–Kier alpha value is -1.83. The lowest BCUT2D eigenvalue weighted by Gasteiger charge is -2.30. The molecule has 1 aliphatic rings. The van der Waals surface area contributed by atoms with Crippen molar-refractivity contribution < 1.29 is 9.53 Å². The molecule has 6 nitrogen and oxygen atoms in total. The summed E-state index contributed by atoms with van der Waals surface area (Å²) in [6.45, 7) is 5.80. The van der Waals surface area contributed by atoms with Crippen molar-refractivity contribution in [3.05, 3.63) is 46.5 Å². The largest absolute Gasteiger partial charge is 0.383 e. The van der Waals surface area contributed by atoms with E-state index in [1.165, 1.54) is 5.56 Å². The number of carbonyl (C=O) groups excluding carboxylic acids is 1. The summed E-state index contributed by atoms with van der Waals surface area (Å²) in [4.78, 5) is 15.0. The third kappa shape index (κ3) is 4.47. The Labute approximate surface area is 159 Å². The van der Waals surface area contributed by atoms with Crippen LogP contribution in [0.25, 0.3) is 0 Å². The Bertz CT molecular complexity index is 789. The molecular formula is C19H26N4O2S. The van der Waals surface area contributed by atoms with Crippen LogP contribution in [0.4, 0.5) is 0 Å². The van der Waals surface area contributed by atoms with Crippen molar-refractivity contribution in [2.75, 3.05) is 26.8 Å². The van der Waals surface area contributed by atoms with E-state index < -0.39 is 0 Å². The number of hydrogen-bond acceptors (Lipinski definition) is 5. The van der Waals surface area contributed by atoms with E-state index in [0.717, 1.165) is 31.5 Å². The third-order valence-corrected chi connectivity index (χ3v) is 5.41. The van der Waals surface area contributed by atoms with Crippen LogP contribution < -0.4 is 0 Å². The molecule has 1 saturated heterocycles. The van der Waals surface area contributed by atoms with Crippen LogP contribution in [0.5, 0.6) is 0 Å². The van der Waals surface area contributed by atoms with Crippen LogP contribution in [-0.2, 0) is 18.0 Å². The molecule has 0 amide bonds. The predicted molar refractivity (Wildman–Crippen MR) is 103 cm³/mol. The van der Waals surface area contributed by atoms with Gasteiger partial charge in [-0.05, 0) is 32.0 Å². The maximum Gasteiger partial charge on any atom is 0.198 e. The fraction of sp³-hybridized carbons (Fsp3) is 0.526. The summed E-state index contributed by atoms with van der Waals surface area (Å²) in [7, 11) is 1.68. The Kier molecular flexibility index (Phi) is 6.34. The summed E-state index contributed by atoms with van der Waals surface area (Å²) in [6, 6.07) is 7.89. The number of hydrogen-bond donors (Lipinski definition) is 0. The van der Waals surface area contributed by atoms with E-state index in [9.17, 15) is 4.79 Å². The van der Waals surface area contributed by atoms with Gasteiger partial charge in [0.25, 0.3) is 0 Å². The average molecular weight is 375 g/mol. The lowest BCUT2D eigenvalue weighted by atomic mass is 9.89. The molecule has 1 aliphatic heterocycles. The Balaban J connectivity index is 1.54. The number of benzene rings is 1. The average Bonchev–Trinajstić information content (AvgIpc) is 3.00. The number of likely N-dealkylation sites (tertiary alicyclic amines) is 1. The summed E-state index contributed by atoms with van der Waals surface area (Å²) in [5, 5.41) is 4.38. The summed E-state index contributed by atoms with van der Waals surface area (Å²) in [5.74, 6) is 0.381. The summed E-state index contributed by atoms with van der Waals surface area (Å²) >= 11 is 5.47. The molecule has 26 heavy (non-hydrogen) atoms. The van der Waals surface area contributed by atoms with Crippen LogP contribution >= 0.6 is 12.2 Å². The van der Waals surface area contributed by atoms with Crippen LogP contribution in [0.2, 0.25) is 0 Å². The van der Waals surface area contributed by atoms with Crippen molar-refractivity contribution in [2.24, 2.45) is 5.92 Å². The van der Waals surface area contributed by atoms with E-state index >= 15 is 0 Å². The molecule has 2 heterocycles. The number of carbonyl (C=O) groups is 1. The van der Waals surface area contributed by atoms with E-state index in [-0.39, 0.29) is 11.7 Å². The lowest BCUT2D eigenvalue weighted by Crippen LogP contribution is -2.37. The zero-order valence-corrected chi connectivity index (χ0v) is 16.2. The van der Waals surface area contributed by atoms with Gasteiger partial charge in [-0.15, -0.1) is 0 Å². The number of nitrogens with zero attached hydrogens (tertiary/aromatic N) is 4. The Morgan fingerprint density at radius 1 is 1.27 bits per heavy atom. The van der Waals surface area contributed by atoms with Gasteiger partial charge >= 0.3 is 0 Å². The van der Waals surface area contributed by atoms with Crippen LogP contribution in [-0.4, -0.2) is 51.8 Å². The topological polar surface area (TPSA) is 52.3 Å². The van der Waals surface area contributed by atoms with Gasteiger partial charge in [0.15, 0.2) is 10.6 Å². The van der Waals surface area contributed by atoms with Crippen LogP contribution in [0.3, 0.4) is 0 Å². The van der Waals surface area contributed by atoms with E-state index in [0.29, 0.717) is 24.6 Å². The van der Waals surface area contributed by atoms with Crippen LogP contribution in [0.1, 0.15) is 28.8 Å². The van der Waals surface area contributed by atoms with Crippen molar-refractivity contribution in [1.29, 1.82) is 0 Å². The van der Waals surface area contributed by atoms with E-state index in [1.54, 1.807) is 13.4 Å². The highest BCUT2D eigenvalue weighted by atomic mass is 32.1. The highest BCUT2D eigenvalue weighted by Crippen LogP contribution is 2.22. The number of Topliss-reactive ketones (excluding diaryl/α,β-unsaturated/α-hetero) is 1. The molecule has 1 aromatic carbocycles. The molecule has 0 aliphatic carbocycles. The van der Waals surface area contributed by atoms with Gasteiger partial charge in [0.2, 0.25) is 0 Å². The third-order valence-electron chi connectivity index (χ3n) is 4.96. The highest BCUT2D eigenvalue weighted by molar-refractivity contribution is 7.71. The van der Waals surface area contributed by atoms with Gasteiger partial charge < -0.3 is 9.30 Å². The number of rotatable bonds is 7. The van der Waals surface area contributed by atoms with Gasteiger partial charge in [-0.2, -0.15) is 5.10 Å². The van der Waals surface area contributed by atoms with Crippen LogP contribution in [0.15, 0.2) is 30.6 Å². The number of aryl methyl sites for hydroxylation is 1. The fourth-order valence-corrected chi connectivity index (χ4v) is 3.53. The number of piperidine rings is 1. The zero-order valence-electron chi connectivity index (χ0n) is 15.4. The first-order valence-electron chi connectivity index (χ1n) is 9.03. The Morgan fingerprint density at radius 2 is 1.96 bits per heavy atom. The molecule has 0 atom stereocenters. The molecular weight excluding hydrogens is 348 g/mol.